The summed E-state index contributed by atoms with van der Waals surface area (Å²) >= 11 is 0. The standard InChI is InChI=1S/C15H15N3O3/c16-6-5-10-3-1-2-4-13(10)14(19)18-12-7-11(15(20)21)8-17-9-12/h1-4,7-9H,5-6,16H2,(H,18,19)(H,20,21). The first-order chi connectivity index (χ1) is 10.1. The van der Waals surface area contributed by atoms with Crippen LogP contribution in [0.2, 0.25) is 0 Å². The lowest BCUT2D eigenvalue weighted by molar-refractivity contribution is 0.0696. The van der Waals surface area contributed by atoms with Gasteiger partial charge in [0.05, 0.1) is 17.4 Å². The summed E-state index contributed by atoms with van der Waals surface area (Å²) in [6.07, 6.45) is 3.22. The van der Waals surface area contributed by atoms with Crippen molar-refractivity contribution in [3.8, 4) is 0 Å². The van der Waals surface area contributed by atoms with Gasteiger partial charge < -0.3 is 16.2 Å². The molecule has 0 aliphatic rings. The second-order valence-electron chi connectivity index (χ2n) is 4.42. The summed E-state index contributed by atoms with van der Waals surface area (Å²) in [5, 5.41) is 11.6. The maximum absolute atomic E-state index is 12.3. The summed E-state index contributed by atoms with van der Waals surface area (Å²) < 4.78 is 0. The summed E-state index contributed by atoms with van der Waals surface area (Å²) in [4.78, 5) is 26.9. The van der Waals surface area contributed by atoms with Crippen molar-refractivity contribution in [1.82, 2.24) is 4.98 Å². The van der Waals surface area contributed by atoms with Crippen LogP contribution in [0.4, 0.5) is 5.69 Å². The number of benzene rings is 1. The molecule has 4 N–H and O–H groups in total. The van der Waals surface area contributed by atoms with Crippen LogP contribution in [0.1, 0.15) is 26.3 Å². The maximum Gasteiger partial charge on any atom is 0.337 e. The second-order valence-corrected chi connectivity index (χ2v) is 4.42. The van der Waals surface area contributed by atoms with E-state index in [-0.39, 0.29) is 11.5 Å². The molecule has 0 saturated heterocycles. The zero-order valence-corrected chi connectivity index (χ0v) is 11.2. The smallest absolute Gasteiger partial charge is 0.337 e. The average Bonchev–Trinajstić information content (AvgIpc) is 2.48. The van der Waals surface area contributed by atoms with Crippen molar-refractivity contribution >= 4 is 17.6 Å². The van der Waals surface area contributed by atoms with Crippen LogP contribution < -0.4 is 11.1 Å². The minimum Gasteiger partial charge on any atom is -0.478 e. The van der Waals surface area contributed by atoms with Gasteiger partial charge in [0.25, 0.3) is 5.91 Å². The summed E-state index contributed by atoms with van der Waals surface area (Å²) in [6.45, 7) is 0.445. The van der Waals surface area contributed by atoms with Gasteiger partial charge in [0.1, 0.15) is 0 Å². The number of carboxylic acids is 1. The van der Waals surface area contributed by atoms with Gasteiger partial charge in [-0.2, -0.15) is 0 Å². The molecule has 2 aromatic rings. The number of nitrogens with one attached hydrogen (secondary N) is 1. The monoisotopic (exact) mass is 285 g/mol. The molecule has 0 radical (unpaired) electrons. The number of hydrogen-bond acceptors (Lipinski definition) is 4. The number of hydrogen-bond donors (Lipinski definition) is 3. The molecule has 0 aliphatic carbocycles. The molecule has 2 rings (SSSR count). The molecule has 0 saturated carbocycles. The van der Waals surface area contributed by atoms with E-state index in [1.807, 2.05) is 12.1 Å². The highest BCUT2D eigenvalue weighted by Crippen LogP contribution is 2.14. The Morgan fingerprint density at radius 2 is 2.00 bits per heavy atom. The molecule has 6 heteroatoms. The lowest BCUT2D eigenvalue weighted by Gasteiger charge is -2.09. The molecule has 0 unspecified atom stereocenters. The predicted molar refractivity (Wildman–Crippen MR) is 78.3 cm³/mol. The number of carbonyl (C=O) groups is 2. The number of aromatic carboxylic acids is 1. The fourth-order valence-electron chi connectivity index (χ4n) is 1.94. The second kappa shape index (κ2) is 6.62. The third kappa shape index (κ3) is 3.64. The number of rotatable bonds is 5. The van der Waals surface area contributed by atoms with Crippen LogP contribution in [0, 0.1) is 0 Å². The number of aromatic nitrogens is 1. The lowest BCUT2D eigenvalue weighted by Crippen LogP contribution is -2.16. The Bertz CT molecular complexity index is 671. The fourth-order valence-corrected chi connectivity index (χ4v) is 1.94. The van der Waals surface area contributed by atoms with Crippen LogP contribution in [0.3, 0.4) is 0 Å². The van der Waals surface area contributed by atoms with Gasteiger partial charge in [-0.3, -0.25) is 9.78 Å². The molecule has 0 fully saturated rings. The van der Waals surface area contributed by atoms with Crippen molar-refractivity contribution < 1.29 is 14.7 Å². The minimum absolute atomic E-state index is 0.0167. The quantitative estimate of drug-likeness (QED) is 0.772. The molecule has 0 aliphatic heterocycles. The van der Waals surface area contributed by atoms with Crippen molar-refractivity contribution in [1.29, 1.82) is 0 Å². The third-order valence-corrected chi connectivity index (χ3v) is 2.92. The van der Waals surface area contributed by atoms with Crippen LogP contribution >= 0.6 is 0 Å². The van der Waals surface area contributed by atoms with Crippen molar-refractivity contribution in [2.75, 3.05) is 11.9 Å². The van der Waals surface area contributed by atoms with Gasteiger partial charge in [-0.25, -0.2) is 4.79 Å². The van der Waals surface area contributed by atoms with Gasteiger partial charge in [-0.15, -0.1) is 0 Å². The number of amides is 1. The van der Waals surface area contributed by atoms with Crippen LogP contribution in [0.5, 0.6) is 0 Å². The Morgan fingerprint density at radius 3 is 2.71 bits per heavy atom. The average molecular weight is 285 g/mol. The molecule has 108 valence electrons. The van der Waals surface area contributed by atoms with E-state index in [0.29, 0.717) is 24.2 Å². The van der Waals surface area contributed by atoms with Crippen LogP contribution in [-0.4, -0.2) is 28.5 Å². The first-order valence-corrected chi connectivity index (χ1v) is 6.39. The molecule has 0 spiro atoms. The number of nitrogens with two attached hydrogens (primary N) is 1. The molecule has 1 heterocycles. The SMILES string of the molecule is NCCc1ccccc1C(=O)Nc1cncc(C(=O)O)c1. The Balaban J connectivity index is 2.22. The summed E-state index contributed by atoms with van der Waals surface area (Å²) in [5.41, 5.74) is 7.25. The topological polar surface area (TPSA) is 105 Å². The van der Waals surface area contributed by atoms with Gasteiger partial charge in [-0.05, 0) is 30.7 Å². The van der Waals surface area contributed by atoms with E-state index in [0.717, 1.165) is 5.56 Å². The molecular weight excluding hydrogens is 270 g/mol. The number of pyridine rings is 1. The van der Waals surface area contributed by atoms with Crippen molar-refractivity contribution in [3.05, 3.63) is 59.4 Å². The Hall–Kier alpha value is -2.73. The zero-order chi connectivity index (χ0) is 15.2. The molecule has 21 heavy (non-hydrogen) atoms. The van der Waals surface area contributed by atoms with Crippen molar-refractivity contribution in [3.63, 3.8) is 0 Å². The normalized spacial score (nSPS) is 10.1. The van der Waals surface area contributed by atoms with Gasteiger partial charge in [0, 0.05) is 11.8 Å². The Kier molecular flexibility index (Phi) is 4.63. The predicted octanol–water partition coefficient (Wildman–Crippen LogP) is 1.53. The summed E-state index contributed by atoms with van der Waals surface area (Å²) in [7, 11) is 0. The van der Waals surface area contributed by atoms with E-state index >= 15 is 0 Å². The molecule has 0 atom stereocenters. The van der Waals surface area contributed by atoms with Gasteiger partial charge in [-0.1, -0.05) is 18.2 Å². The molecule has 1 aromatic heterocycles. The molecular formula is C15H15N3O3. The number of carbonyl (C=O) groups excluding carboxylic acids is 1. The highest BCUT2D eigenvalue weighted by Gasteiger charge is 2.12. The molecule has 6 nitrogen and oxygen atoms in total. The van der Waals surface area contributed by atoms with Crippen LogP contribution in [-0.2, 0) is 6.42 Å². The first kappa shape index (κ1) is 14.7. The number of carboxylic acid groups (broad SMARTS) is 1. The fraction of sp³-hybridized carbons (Fsp3) is 0.133. The van der Waals surface area contributed by atoms with E-state index in [1.54, 1.807) is 12.1 Å². The first-order valence-electron chi connectivity index (χ1n) is 6.39. The molecule has 1 amide bonds. The largest absolute Gasteiger partial charge is 0.478 e. The third-order valence-electron chi connectivity index (χ3n) is 2.92. The van der Waals surface area contributed by atoms with Gasteiger partial charge >= 0.3 is 5.97 Å². The number of nitrogens with zero attached hydrogens (tertiary/aromatic N) is 1. The summed E-state index contributed by atoms with van der Waals surface area (Å²) in [6, 6.07) is 8.51. The highest BCUT2D eigenvalue weighted by molar-refractivity contribution is 6.05. The van der Waals surface area contributed by atoms with Gasteiger partial charge in [0.15, 0.2) is 0 Å². The van der Waals surface area contributed by atoms with E-state index < -0.39 is 5.97 Å². The van der Waals surface area contributed by atoms with Crippen molar-refractivity contribution in [2.24, 2.45) is 5.73 Å². The van der Waals surface area contributed by atoms with E-state index in [4.69, 9.17) is 10.8 Å². The number of anilines is 1. The lowest BCUT2D eigenvalue weighted by atomic mass is 10.0. The maximum atomic E-state index is 12.3. The Labute approximate surface area is 121 Å². The van der Waals surface area contributed by atoms with E-state index in [9.17, 15) is 9.59 Å². The Morgan fingerprint density at radius 1 is 1.24 bits per heavy atom. The molecule has 1 aromatic carbocycles. The van der Waals surface area contributed by atoms with E-state index in [1.165, 1.54) is 18.5 Å². The van der Waals surface area contributed by atoms with Gasteiger partial charge in [0.2, 0.25) is 0 Å². The van der Waals surface area contributed by atoms with E-state index in [2.05, 4.69) is 10.3 Å². The summed E-state index contributed by atoms with van der Waals surface area (Å²) in [5.74, 6) is -1.41. The highest BCUT2D eigenvalue weighted by atomic mass is 16.4. The molecule has 0 bridgehead atoms. The van der Waals surface area contributed by atoms with Crippen LogP contribution in [0.25, 0.3) is 0 Å². The minimum atomic E-state index is -1.10. The van der Waals surface area contributed by atoms with Crippen LogP contribution in [0.15, 0.2) is 42.7 Å². The van der Waals surface area contributed by atoms with Crippen molar-refractivity contribution in [2.45, 2.75) is 6.42 Å². The zero-order valence-electron chi connectivity index (χ0n) is 11.2.